The van der Waals surface area contributed by atoms with Gasteiger partial charge in [-0.2, -0.15) is 5.10 Å². The maximum absolute atomic E-state index is 12.2. The molecule has 0 amide bonds. The average Bonchev–Trinajstić information content (AvgIpc) is 3.11. The molecular weight excluding hydrogens is 306 g/mol. The molecule has 0 fully saturated rings. The lowest BCUT2D eigenvalue weighted by Crippen LogP contribution is -2.13. The van der Waals surface area contributed by atoms with Crippen LogP contribution in [0, 0.1) is 6.92 Å². The number of hydrogen-bond donors (Lipinski definition) is 0. The lowest BCUT2D eigenvalue weighted by Gasteiger charge is -2.12. The molecule has 0 unspecified atom stereocenters. The van der Waals surface area contributed by atoms with Gasteiger partial charge in [-0.15, -0.1) is 0 Å². The van der Waals surface area contributed by atoms with E-state index in [-0.39, 0.29) is 5.78 Å². The molecule has 3 aromatic rings. The van der Waals surface area contributed by atoms with Gasteiger partial charge in [0.2, 0.25) is 0 Å². The molecule has 24 heavy (non-hydrogen) atoms. The molecule has 0 aliphatic heterocycles. The van der Waals surface area contributed by atoms with Crippen molar-refractivity contribution in [3.05, 3.63) is 47.4 Å². The van der Waals surface area contributed by atoms with Crippen molar-refractivity contribution in [2.24, 2.45) is 7.05 Å². The SMILES string of the molecule is CCOC(=O)c1cc2cc(-c3ccnn3C)cn2c(C(C)=O)c1C. The maximum Gasteiger partial charge on any atom is 0.338 e. The van der Waals surface area contributed by atoms with Gasteiger partial charge in [0.05, 0.1) is 23.6 Å². The van der Waals surface area contributed by atoms with Crippen LogP contribution in [0.2, 0.25) is 0 Å². The van der Waals surface area contributed by atoms with Crippen molar-refractivity contribution < 1.29 is 14.3 Å². The van der Waals surface area contributed by atoms with Gasteiger partial charge >= 0.3 is 5.97 Å². The molecule has 0 saturated heterocycles. The maximum atomic E-state index is 12.2. The fraction of sp³-hybridized carbons (Fsp3) is 0.278. The molecule has 3 aromatic heterocycles. The molecule has 0 aliphatic rings. The van der Waals surface area contributed by atoms with E-state index in [4.69, 9.17) is 4.74 Å². The Labute approximate surface area is 139 Å². The Morgan fingerprint density at radius 1 is 1.29 bits per heavy atom. The van der Waals surface area contributed by atoms with Gasteiger partial charge in [-0.3, -0.25) is 9.48 Å². The number of carbonyl (C=O) groups is 2. The summed E-state index contributed by atoms with van der Waals surface area (Å²) in [7, 11) is 1.86. The minimum Gasteiger partial charge on any atom is -0.462 e. The van der Waals surface area contributed by atoms with E-state index in [0.717, 1.165) is 16.8 Å². The second-order valence-corrected chi connectivity index (χ2v) is 5.67. The van der Waals surface area contributed by atoms with Gasteiger partial charge in [0.1, 0.15) is 0 Å². The zero-order valence-electron chi connectivity index (χ0n) is 14.2. The van der Waals surface area contributed by atoms with Crippen LogP contribution < -0.4 is 0 Å². The predicted molar refractivity (Wildman–Crippen MR) is 90.3 cm³/mol. The molecule has 124 valence electrons. The Bertz CT molecular complexity index is 950. The first-order valence-electron chi connectivity index (χ1n) is 7.76. The zero-order chi connectivity index (χ0) is 17.4. The summed E-state index contributed by atoms with van der Waals surface area (Å²) < 4.78 is 8.70. The number of hydrogen-bond acceptors (Lipinski definition) is 4. The Hall–Kier alpha value is -2.89. The monoisotopic (exact) mass is 325 g/mol. The second-order valence-electron chi connectivity index (χ2n) is 5.67. The first-order valence-corrected chi connectivity index (χ1v) is 7.76. The highest BCUT2D eigenvalue weighted by molar-refractivity contribution is 6.01. The number of esters is 1. The van der Waals surface area contributed by atoms with Crippen molar-refractivity contribution >= 4 is 17.3 Å². The van der Waals surface area contributed by atoms with Crippen molar-refractivity contribution in [3.8, 4) is 11.3 Å². The largest absolute Gasteiger partial charge is 0.462 e. The van der Waals surface area contributed by atoms with Gasteiger partial charge in [0.15, 0.2) is 5.78 Å². The van der Waals surface area contributed by atoms with Crippen molar-refractivity contribution in [2.45, 2.75) is 20.8 Å². The number of ketones is 1. The normalized spacial score (nSPS) is 11.0. The van der Waals surface area contributed by atoms with Crippen LogP contribution in [0.25, 0.3) is 16.8 Å². The summed E-state index contributed by atoms with van der Waals surface area (Å²) in [6.45, 7) is 5.32. The van der Waals surface area contributed by atoms with Crippen LogP contribution in [0.4, 0.5) is 0 Å². The first-order chi connectivity index (χ1) is 11.4. The van der Waals surface area contributed by atoms with Crippen LogP contribution in [0.15, 0.2) is 30.6 Å². The molecule has 0 atom stereocenters. The van der Waals surface area contributed by atoms with Crippen LogP contribution in [0.5, 0.6) is 0 Å². The first kappa shape index (κ1) is 16.0. The summed E-state index contributed by atoms with van der Waals surface area (Å²) in [4.78, 5) is 24.4. The molecular formula is C18H19N3O3. The van der Waals surface area contributed by atoms with Crippen LogP contribution in [0.3, 0.4) is 0 Å². The molecule has 0 bridgehead atoms. The number of aromatic nitrogens is 3. The topological polar surface area (TPSA) is 65.6 Å². The number of ether oxygens (including phenoxy) is 1. The number of nitrogens with zero attached hydrogens (tertiary/aromatic N) is 3. The number of fused-ring (bicyclic) bond motifs is 1. The van der Waals surface area contributed by atoms with Gasteiger partial charge in [-0.1, -0.05) is 0 Å². The second kappa shape index (κ2) is 5.96. The number of carbonyl (C=O) groups excluding carboxylic acids is 2. The fourth-order valence-corrected chi connectivity index (χ4v) is 3.00. The highest BCUT2D eigenvalue weighted by Crippen LogP contribution is 2.27. The number of rotatable bonds is 4. The fourth-order valence-electron chi connectivity index (χ4n) is 3.00. The molecule has 3 rings (SSSR count). The molecule has 6 nitrogen and oxygen atoms in total. The van der Waals surface area contributed by atoms with Gasteiger partial charge < -0.3 is 9.14 Å². The quantitative estimate of drug-likeness (QED) is 0.546. The van der Waals surface area contributed by atoms with Crippen molar-refractivity contribution in [3.63, 3.8) is 0 Å². The van der Waals surface area contributed by atoms with E-state index in [2.05, 4.69) is 5.10 Å². The minimum atomic E-state index is -0.414. The third kappa shape index (κ3) is 2.50. The van der Waals surface area contributed by atoms with E-state index in [0.29, 0.717) is 23.4 Å². The van der Waals surface area contributed by atoms with Gasteiger partial charge in [-0.25, -0.2) is 4.79 Å². The van der Waals surface area contributed by atoms with E-state index in [1.54, 1.807) is 30.8 Å². The van der Waals surface area contributed by atoms with Crippen LogP contribution in [-0.2, 0) is 11.8 Å². The van der Waals surface area contributed by atoms with E-state index in [1.807, 2.05) is 29.8 Å². The van der Waals surface area contributed by atoms with E-state index in [1.165, 1.54) is 6.92 Å². The summed E-state index contributed by atoms with van der Waals surface area (Å²) in [6.07, 6.45) is 3.61. The Morgan fingerprint density at radius 3 is 2.62 bits per heavy atom. The highest BCUT2D eigenvalue weighted by Gasteiger charge is 2.20. The third-order valence-electron chi connectivity index (χ3n) is 4.09. The molecule has 3 heterocycles. The third-order valence-corrected chi connectivity index (χ3v) is 4.09. The molecule has 0 spiro atoms. The molecule has 0 N–H and O–H groups in total. The number of aryl methyl sites for hydroxylation is 1. The van der Waals surface area contributed by atoms with Crippen molar-refractivity contribution in [2.75, 3.05) is 6.61 Å². The van der Waals surface area contributed by atoms with Crippen LogP contribution in [0.1, 0.15) is 40.3 Å². The standard InChI is InChI=1S/C18H19N3O3/c1-5-24-18(23)15-9-14-8-13(16-6-7-19-20(16)4)10-21(14)17(11(15)2)12(3)22/h6-10H,5H2,1-4H3. The molecule has 0 saturated carbocycles. The summed E-state index contributed by atoms with van der Waals surface area (Å²) in [5, 5.41) is 4.17. The summed E-state index contributed by atoms with van der Waals surface area (Å²) in [6, 6.07) is 5.60. The van der Waals surface area contributed by atoms with Crippen molar-refractivity contribution in [1.29, 1.82) is 0 Å². The average molecular weight is 325 g/mol. The minimum absolute atomic E-state index is 0.101. The van der Waals surface area contributed by atoms with E-state index in [9.17, 15) is 9.59 Å². The Morgan fingerprint density at radius 2 is 2.04 bits per heavy atom. The Kier molecular flexibility index (Phi) is 3.97. The number of Topliss-reactive ketones (excluding diaryl/α,β-unsaturated/α-hetero) is 1. The van der Waals surface area contributed by atoms with Gasteiger partial charge in [0.25, 0.3) is 0 Å². The van der Waals surface area contributed by atoms with Crippen LogP contribution >= 0.6 is 0 Å². The summed E-state index contributed by atoms with van der Waals surface area (Å²) in [5.74, 6) is -0.515. The van der Waals surface area contributed by atoms with Gasteiger partial charge in [0, 0.05) is 37.4 Å². The van der Waals surface area contributed by atoms with E-state index < -0.39 is 5.97 Å². The molecule has 0 aromatic carbocycles. The smallest absolute Gasteiger partial charge is 0.338 e. The predicted octanol–water partition coefficient (Wildman–Crippen LogP) is 3.03. The van der Waals surface area contributed by atoms with Crippen LogP contribution in [-0.4, -0.2) is 32.5 Å². The molecule has 6 heteroatoms. The number of pyridine rings is 1. The lowest BCUT2D eigenvalue weighted by atomic mass is 10.0. The van der Waals surface area contributed by atoms with Gasteiger partial charge in [-0.05, 0) is 37.6 Å². The zero-order valence-corrected chi connectivity index (χ0v) is 14.2. The summed E-state index contributed by atoms with van der Waals surface area (Å²) >= 11 is 0. The molecule has 0 radical (unpaired) electrons. The summed E-state index contributed by atoms with van der Waals surface area (Å²) in [5.41, 5.74) is 4.17. The van der Waals surface area contributed by atoms with E-state index >= 15 is 0 Å². The Balaban J connectivity index is 2.28. The molecule has 0 aliphatic carbocycles. The van der Waals surface area contributed by atoms with Crippen molar-refractivity contribution in [1.82, 2.24) is 14.2 Å². The lowest BCUT2D eigenvalue weighted by molar-refractivity contribution is 0.0525. The highest BCUT2D eigenvalue weighted by atomic mass is 16.5.